The Morgan fingerprint density at radius 3 is 2.42 bits per heavy atom. The van der Waals surface area contributed by atoms with Crippen LogP contribution in [0.1, 0.15) is 44.1 Å². The maximum Gasteiger partial charge on any atom is 0.269 e. The van der Waals surface area contributed by atoms with Crippen molar-refractivity contribution in [3.8, 4) is 0 Å². The van der Waals surface area contributed by atoms with Crippen LogP contribution in [0.5, 0.6) is 0 Å². The zero-order valence-electron chi connectivity index (χ0n) is 22.8. The van der Waals surface area contributed by atoms with E-state index in [9.17, 15) is 13.9 Å². The lowest BCUT2D eigenvalue weighted by Gasteiger charge is -2.35. The van der Waals surface area contributed by atoms with Gasteiger partial charge in [-0.15, -0.1) is 0 Å². The van der Waals surface area contributed by atoms with Gasteiger partial charge in [-0.3, -0.25) is 0 Å². The molecular formula is C30H36F2N6OS. The molecule has 0 amide bonds. The van der Waals surface area contributed by atoms with E-state index in [1.54, 1.807) is 6.33 Å². The summed E-state index contributed by atoms with van der Waals surface area (Å²) in [7, 11) is 0. The Hall–Kier alpha value is -3.11. The number of hydrogen-bond donors (Lipinski definition) is 3. The van der Waals surface area contributed by atoms with Crippen LogP contribution in [0.25, 0.3) is 10.9 Å². The van der Waals surface area contributed by atoms with E-state index in [0.717, 1.165) is 58.1 Å². The molecule has 0 atom stereocenters. The average Bonchev–Trinajstić information content (AvgIpc) is 3.71. The minimum atomic E-state index is -1.52. The van der Waals surface area contributed by atoms with Crippen LogP contribution in [0.2, 0.25) is 0 Å². The maximum atomic E-state index is 13.1. The van der Waals surface area contributed by atoms with Crippen LogP contribution in [-0.4, -0.2) is 53.6 Å². The number of nitrogens with one attached hydrogen (secondary N) is 2. The van der Waals surface area contributed by atoms with Crippen LogP contribution in [0.15, 0.2) is 48.3 Å². The summed E-state index contributed by atoms with van der Waals surface area (Å²) in [4.78, 5) is 14.0. The third kappa shape index (κ3) is 5.83. The predicted molar refractivity (Wildman–Crippen MR) is 161 cm³/mol. The monoisotopic (exact) mass is 566 g/mol. The van der Waals surface area contributed by atoms with Crippen molar-refractivity contribution in [1.82, 2.24) is 9.97 Å². The summed E-state index contributed by atoms with van der Waals surface area (Å²) >= 11 is 1.48. The van der Waals surface area contributed by atoms with Crippen molar-refractivity contribution in [1.29, 1.82) is 0 Å². The van der Waals surface area contributed by atoms with Gasteiger partial charge in [-0.05, 0) is 92.3 Å². The number of aliphatic hydroxyl groups excluding tert-OH is 1. The van der Waals surface area contributed by atoms with Gasteiger partial charge in [0.2, 0.25) is 0 Å². The van der Waals surface area contributed by atoms with E-state index in [0.29, 0.717) is 37.1 Å². The summed E-state index contributed by atoms with van der Waals surface area (Å²) in [6, 6.07) is 10.5. The quantitative estimate of drug-likeness (QED) is 0.202. The van der Waals surface area contributed by atoms with Gasteiger partial charge >= 0.3 is 0 Å². The summed E-state index contributed by atoms with van der Waals surface area (Å²) < 4.78 is 29.5. The molecule has 1 spiro atoms. The van der Waals surface area contributed by atoms with Crippen LogP contribution >= 0.6 is 11.9 Å². The number of nitrogens with zero attached hydrogens (tertiary/aromatic N) is 4. The molecule has 40 heavy (non-hydrogen) atoms. The zero-order chi connectivity index (χ0) is 27.7. The van der Waals surface area contributed by atoms with Gasteiger partial charge in [0.1, 0.15) is 12.1 Å². The molecule has 3 heterocycles. The Kier molecular flexibility index (Phi) is 7.72. The lowest BCUT2D eigenvalue weighted by molar-refractivity contribution is 0.322. The lowest BCUT2D eigenvalue weighted by Crippen LogP contribution is -2.34. The van der Waals surface area contributed by atoms with E-state index in [2.05, 4.69) is 56.0 Å². The van der Waals surface area contributed by atoms with Crippen LogP contribution < -0.4 is 19.8 Å². The molecule has 3 N–H and O–H groups in total. The average molecular weight is 567 g/mol. The number of rotatable bonds is 8. The van der Waals surface area contributed by atoms with E-state index in [1.807, 2.05) is 6.07 Å². The third-order valence-corrected chi connectivity index (χ3v) is 9.31. The number of piperidine rings is 2. The Labute approximate surface area is 238 Å². The fourth-order valence-electron chi connectivity index (χ4n) is 6.03. The molecule has 0 radical (unpaired) electrons. The van der Waals surface area contributed by atoms with Crippen molar-refractivity contribution in [2.24, 2.45) is 5.41 Å². The molecule has 3 fully saturated rings. The number of anilines is 5. The Bertz CT molecular complexity index is 1400. The first-order valence-corrected chi connectivity index (χ1v) is 15.1. The largest absolute Gasteiger partial charge is 0.395 e. The van der Waals surface area contributed by atoms with Crippen molar-refractivity contribution in [2.45, 2.75) is 45.4 Å². The van der Waals surface area contributed by atoms with Crippen LogP contribution in [0.4, 0.5) is 37.3 Å². The van der Waals surface area contributed by atoms with Gasteiger partial charge in [0, 0.05) is 49.0 Å². The molecule has 7 nitrogen and oxygen atoms in total. The number of hydrogen-bond acceptors (Lipinski definition) is 8. The first kappa shape index (κ1) is 27.1. The van der Waals surface area contributed by atoms with E-state index in [-0.39, 0.29) is 12.2 Å². The smallest absolute Gasteiger partial charge is 0.269 e. The number of fused-ring (bicyclic) bond motifs is 1. The number of aromatic nitrogens is 2. The van der Waals surface area contributed by atoms with E-state index in [1.165, 1.54) is 37.6 Å². The molecule has 6 rings (SSSR count). The summed E-state index contributed by atoms with van der Waals surface area (Å²) in [6.07, 6.45) is 5.98. The summed E-state index contributed by atoms with van der Waals surface area (Å²) in [5, 5.41) is 13.8. The predicted octanol–water partition coefficient (Wildman–Crippen LogP) is 6.87. The Morgan fingerprint density at radius 1 is 0.950 bits per heavy atom. The first-order chi connectivity index (χ1) is 19.4. The molecule has 3 aliphatic rings. The molecule has 2 saturated heterocycles. The minimum Gasteiger partial charge on any atom is -0.395 e. The molecule has 2 aromatic carbocycles. The molecule has 1 aliphatic carbocycles. The Balaban J connectivity index is 1.32. The van der Waals surface area contributed by atoms with Crippen molar-refractivity contribution < 1.29 is 13.9 Å². The van der Waals surface area contributed by atoms with Gasteiger partial charge in [-0.1, -0.05) is 11.9 Å². The first-order valence-electron chi connectivity index (χ1n) is 14.1. The lowest BCUT2D eigenvalue weighted by atomic mass is 9.93. The summed E-state index contributed by atoms with van der Waals surface area (Å²) in [5.74, 6) is 1.35. The van der Waals surface area contributed by atoms with E-state index < -0.39 is 6.08 Å². The molecular weight excluding hydrogens is 530 g/mol. The van der Waals surface area contributed by atoms with Crippen LogP contribution in [0, 0.1) is 12.3 Å². The second-order valence-electron chi connectivity index (χ2n) is 11.3. The van der Waals surface area contributed by atoms with Crippen molar-refractivity contribution in [3.05, 3.63) is 53.9 Å². The number of aliphatic hydroxyl groups is 1. The molecule has 3 aromatic rings. The molecule has 0 unspecified atom stereocenters. The molecule has 1 saturated carbocycles. The third-order valence-electron chi connectivity index (χ3n) is 8.55. The highest BCUT2D eigenvalue weighted by Crippen LogP contribution is 2.54. The van der Waals surface area contributed by atoms with Gasteiger partial charge in [0.25, 0.3) is 6.08 Å². The fraction of sp³-hybridized carbons (Fsp3) is 0.467. The van der Waals surface area contributed by atoms with Crippen molar-refractivity contribution in [3.63, 3.8) is 0 Å². The molecule has 0 bridgehead atoms. The number of benzene rings is 2. The molecule has 10 heteroatoms. The van der Waals surface area contributed by atoms with Gasteiger partial charge in [-0.2, -0.15) is 8.78 Å². The van der Waals surface area contributed by atoms with Gasteiger partial charge in [0.05, 0.1) is 23.2 Å². The molecule has 212 valence electrons. The SMILES string of the molecule is Cc1cc(Nc2ncnc3cc(NSCCO)cc(N4CCC5(CC4)CC5)c23)cc(N2CCC(=C(F)F)CC2)c1. The van der Waals surface area contributed by atoms with Gasteiger partial charge < -0.3 is 24.9 Å². The van der Waals surface area contributed by atoms with Crippen molar-refractivity contribution in [2.75, 3.05) is 58.4 Å². The highest BCUT2D eigenvalue weighted by Gasteiger charge is 2.44. The van der Waals surface area contributed by atoms with Crippen LogP contribution in [0.3, 0.4) is 0 Å². The van der Waals surface area contributed by atoms with E-state index in [4.69, 9.17) is 4.98 Å². The Morgan fingerprint density at radius 2 is 1.73 bits per heavy atom. The topological polar surface area (TPSA) is 76.5 Å². The second-order valence-corrected chi connectivity index (χ2v) is 12.2. The van der Waals surface area contributed by atoms with Crippen LogP contribution in [-0.2, 0) is 0 Å². The molecule has 2 aliphatic heterocycles. The number of aryl methyl sites for hydroxylation is 1. The summed E-state index contributed by atoms with van der Waals surface area (Å²) in [6.45, 7) is 5.35. The van der Waals surface area contributed by atoms with E-state index >= 15 is 0 Å². The van der Waals surface area contributed by atoms with Gasteiger partial charge in [-0.25, -0.2) is 9.97 Å². The maximum absolute atomic E-state index is 13.1. The normalized spacial score (nSPS) is 18.4. The standard InChI is InChI=1S/C30H36F2N6OS/c1-20-14-22(16-24(15-20)37-8-2-21(3-9-37)28(31)32)35-29-27-25(33-19-34-29)17-23(36-40-13-12-39)18-26(27)38-10-6-30(4-5-30)7-11-38/h14-19,36,39H,2-13H2,1H3,(H,33,34,35). The fourth-order valence-corrected chi connectivity index (χ4v) is 6.51. The minimum absolute atomic E-state index is 0.114. The highest BCUT2D eigenvalue weighted by atomic mass is 32.2. The second kappa shape index (κ2) is 11.4. The highest BCUT2D eigenvalue weighted by molar-refractivity contribution is 8.00. The molecule has 1 aromatic heterocycles. The summed E-state index contributed by atoms with van der Waals surface area (Å²) in [5.41, 5.74) is 6.79. The van der Waals surface area contributed by atoms with Gasteiger partial charge in [0.15, 0.2) is 0 Å². The number of halogens is 2. The zero-order valence-corrected chi connectivity index (χ0v) is 23.7. The van der Waals surface area contributed by atoms with Crippen molar-refractivity contribution >= 4 is 51.4 Å².